The molecule has 1 saturated heterocycles. The molecule has 0 amide bonds. The Labute approximate surface area is 103 Å². The molecule has 2 unspecified atom stereocenters. The summed E-state index contributed by atoms with van der Waals surface area (Å²) in [5, 5.41) is 12.7. The van der Waals surface area contributed by atoms with E-state index in [1.54, 1.807) is 6.92 Å². The van der Waals surface area contributed by atoms with E-state index in [4.69, 9.17) is 4.74 Å². The van der Waals surface area contributed by atoms with Crippen LogP contribution in [0.2, 0.25) is 0 Å². The molecule has 2 atom stereocenters. The number of esters is 1. The summed E-state index contributed by atoms with van der Waals surface area (Å²) >= 11 is 0. The van der Waals surface area contributed by atoms with Crippen LogP contribution >= 0.6 is 0 Å². The molecule has 0 aromatic carbocycles. The van der Waals surface area contributed by atoms with Crippen molar-refractivity contribution < 1.29 is 9.53 Å². The second kappa shape index (κ2) is 4.66. The van der Waals surface area contributed by atoms with Crippen LogP contribution in [0.25, 0.3) is 0 Å². The van der Waals surface area contributed by atoms with Crippen molar-refractivity contribution in [2.75, 3.05) is 6.61 Å². The lowest BCUT2D eigenvalue weighted by atomic mass is 9.68. The second-order valence-corrected chi connectivity index (χ2v) is 5.90. The highest BCUT2D eigenvalue weighted by Crippen LogP contribution is 2.38. The Bertz CT molecular complexity index is 342. The number of carbonyl (C=O) groups is 1. The quantitative estimate of drug-likeness (QED) is 0.746. The molecular formula is C13H22N2O2. The third-order valence-corrected chi connectivity index (χ3v) is 3.30. The van der Waals surface area contributed by atoms with Gasteiger partial charge in [0.2, 0.25) is 0 Å². The van der Waals surface area contributed by atoms with Gasteiger partial charge in [-0.2, -0.15) is 5.26 Å². The number of hydrogen-bond acceptors (Lipinski definition) is 4. The van der Waals surface area contributed by atoms with Gasteiger partial charge >= 0.3 is 5.97 Å². The van der Waals surface area contributed by atoms with E-state index in [1.807, 2.05) is 13.8 Å². The Morgan fingerprint density at radius 3 is 2.53 bits per heavy atom. The molecule has 0 spiro atoms. The first-order chi connectivity index (χ1) is 7.73. The maximum Gasteiger partial charge on any atom is 0.310 e. The van der Waals surface area contributed by atoms with Gasteiger partial charge in [0.05, 0.1) is 24.5 Å². The zero-order chi connectivity index (χ0) is 13.3. The molecule has 17 heavy (non-hydrogen) atoms. The number of hydrogen-bond donors (Lipinski definition) is 1. The molecule has 1 aliphatic rings. The van der Waals surface area contributed by atoms with E-state index in [0.29, 0.717) is 13.0 Å². The molecule has 0 radical (unpaired) electrons. The Hall–Kier alpha value is -1.08. The zero-order valence-corrected chi connectivity index (χ0v) is 11.3. The molecule has 1 aliphatic heterocycles. The number of nitrogens with one attached hydrogen (secondary N) is 1. The average molecular weight is 238 g/mol. The van der Waals surface area contributed by atoms with Gasteiger partial charge in [-0.1, -0.05) is 0 Å². The normalized spacial score (nSPS) is 30.4. The minimum Gasteiger partial charge on any atom is -0.466 e. The SMILES string of the molecule is CCOC(=O)C1CC(C)(C)NC(C)(C)C1C#N. The molecule has 0 aromatic heterocycles. The van der Waals surface area contributed by atoms with Crippen LogP contribution in [0.5, 0.6) is 0 Å². The molecular weight excluding hydrogens is 216 g/mol. The topological polar surface area (TPSA) is 62.1 Å². The van der Waals surface area contributed by atoms with Crippen LogP contribution < -0.4 is 5.32 Å². The maximum absolute atomic E-state index is 11.9. The van der Waals surface area contributed by atoms with E-state index in [0.717, 1.165) is 0 Å². The van der Waals surface area contributed by atoms with Crippen molar-refractivity contribution in [3.8, 4) is 6.07 Å². The van der Waals surface area contributed by atoms with Gasteiger partial charge in [-0.3, -0.25) is 4.79 Å². The van der Waals surface area contributed by atoms with E-state index < -0.39 is 0 Å². The summed E-state index contributed by atoms with van der Waals surface area (Å²) in [5.41, 5.74) is -0.539. The summed E-state index contributed by atoms with van der Waals surface area (Å²) in [6.07, 6.45) is 0.632. The number of piperidine rings is 1. The summed E-state index contributed by atoms with van der Waals surface area (Å²) in [7, 11) is 0. The summed E-state index contributed by atoms with van der Waals surface area (Å²) in [4.78, 5) is 11.9. The average Bonchev–Trinajstić information content (AvgIpc) is 2.14. The van der Waals surface area contributed by atoms with Gasteiger partial charge < -0.3 is 10.1 Å². The summed E-state index contributed by atoms with van der Waals surface area (Å²) in [6, 6.07) is 2.26. The van der Waals surface area contributed by atoms with Crippen molar-refractivity contribution >= 4 is 5.97 Å². The molecule has 1 fully saturated rings. The van der Waals surface area contributed by atoms with Crippen LogP contribution in [0.4, 0.5) is 0 Å². The van der Waals surface area contributed by atoms with E-state index in [2.05, 4.69) is 25.2 Å². The maximum atomic E-state index is 11.9. The molecule has 4 heteroatoms. The first-order valence-electron chi connectivity index (χ1n) is 6.09. The molecule has 0 aliphatic carbocycles. The van der Waals surface area contributed by atoms with E-state index >= 15 is 0 Å². The van der Waals surface area contributed by atoms with Crippen molar-refractivity contribution in [1.29, 1.82) is 5.26 Å². The van der Waals surface area contributed by atoms with Crippen molar-refractivity contribution in [2.24, 2.45) is 11.8 Å². The number of nitrogens with zero attached hydrogens (tertiary/aromatic N) is 1. The third kappa shape index (κ3) is 2.98. The number of ether oxygens (including phenoxy) is 1. The fraction of sp³-hybridized carbons (Fsp3) is 0.846. The Kier molecular flexibility index (Phi) is 3.83. The Morgan fingerprint density at radius 1 is 1.47 bits per heavy atom. The highest BCUT2D eigenvalue weighted by molar-refractivity contribution is 5.74. The van der Waals surface area contributed by atoms with Gasteiger partial charge in [-0.25, -0.2) is 0 Å². The van der Waals surface area contributed by atoms with Crippen molar-refractivity contribution in [1.82, 2.24) is 5.32 Å². The minimum absolute atomic E-state index is 0.158. The predicted octanol–water partition coefficient (Wildman–Crippen LogP) is 1.86. The Balaban J connectivity index is 3.00. The van der Waals surface area contributed by atoms with Gasteiger partial charge in [0.15, 0.2) is 0 Å². The van der Waals surface area contributed by atoms with Gasteiger partial charge in [0.1, 0.15) is 0 Å². The van der Waals surface area contributed by atoms with Gasteiger partial charge in [0.25, 0.3) is 0 Å². The monoisotopic (exact) mass is 238 g/mol. The lowest BCUT2D eigenvalue weighted by Crippen LogP contribution is -2.63. The zero-order valence-electron chi connectivity index (χ0n) is 11.3. The number of rotatable bonds is 2. The first-order valence-corrected chi connectivity index (χ1v) is 6.09. The molecule has 1 rings (SSSR count). The first kappa shape index (κ1) is 14.0. The third-order valence-electron chi connectivity index (χ3n) is 3.30. The predicted molar refractivity (Wildman–Crippen MR) is 65.1 cm³/mol. The van der Waals surface area contributed by atoms with E-state index in [-0.39, 0.29) is 28.9 Å². The molecule has 0 saturated carbocycles. The van der Waals surface area contributed by atoms with Crippen LogP contribution in [0.3, 0.4) is 0 Å². The molecule has 0 aromatic rings. The molecule has 4 nitrogen and oxygen atoms in total. The molecule has 96 valence electrons. The summed E-state index contributed by atoms with van der Waals surface area (Å²) < 4.78 is 5.08. The summed E-state index contributed by atoms with van der Waals surface area (Å²) in [6.45, 7) is 10.2. The summed E-state index contributed by atoms with van der Waals surface area (Å²) in [5.74, 6) is -0.942. The standard InChI is InChI=1S/C13H22N2O2/c1-6-17-11(16)9-7-12(2,3)15-13(4,5)10(9)8-14/h9-10,15H,6-7H2,1-5H3. The van der Waals surface area contributed by atoms with Crippen LogP contribution in [0, 0.1) is 23.2 Å². The Morgan fingerprint density at radius 2 is 2.06 bits per heavy atom. The van der Waals surface area contributed by atoms with Crippen LogP contribution in [-0.2, 0) is 9.53 Å². The van der Waals surface area contributed by atoms with Crippen molar-refractivity contribution in [3.05, 3.63) is 0 Å². The van der Waals surface area contributed by atoms with Crippen molar-refractivity contribution in [2.45, 2.75) is 52.1 Å². The molecule has 0 bridgehead atoms. The van der Waals surface area contributed by atoms with Crippen LogP contribution in [0.15, 0.2) is 0 Å². The van der Waals surface area contributed by atoms with Gasteiger partial charge in [-0.15, -0.1) is 0 Å². The largest absolute Gasteiger partial charge is 0.466 e. The van der Waals surface area contributed by atoms with Gasteiger partial charge in [-0.05, 0) is 41.0 Å². The van der Waals surface area contributed by atoms with Gasteiger partial charge in [0, 0.05) is 11.1 Å². The molecule has 1 N–H and O–H groups in total. The highest BCUT2D eigenvalue weighted by atomic mass is 16.5. The van der Waals surface area contributed by atoms with Crippen molar-refractivity contribution in [3.63, 3.8) is 0 Å². The lowest BCUT2D eigenvalue weighted by molar-refractivity contribution is -0.153. The highest BCUT2D eigenvalue weighted by Gasteiger charge is 2.49. The van der Waals surface area contributed by atoms with E-state index in [1.165, 1.54) is 0 Å². The lowest BCUT2D eigenvalue weighted by Gasteiger charge is -2.48. The fourth-order valence-corrected chi connectivity index (χ4v) is 2.89. The molecule has 1 heterocycles. The number of nitriles is 1. The van der Waals surface area contributed by atoms with E-state index in [9.17, 15) is 10.1 Å². The minimum atomic E-state index is -0.381. The second-order valence-electron chi connectivity index (χ2n) is 5.90. The van der Waals surface area contributed by atoms with Crippen LogP contribution in [0.1, 0.15) is 41.0 Å². The van der Waals surface area contributed by atoms with Crippen LogP contribution in [-0.4, -0.2) is 23.7 Å². The number of carbonyl (C=O) groups excluding carboxylic acids is 1. The smallest absolute Gasteiger partial charge is 0.310 e. The fourth-order valence-electron chi connectivity index (χ4n) is 2.89.